The van der Waals surface area contributed by atoms with Crippen molar-refractivity contribution in [2.24, 2.45) is 5.41 Å². The molecule has 2 nitrogen and oxygen atoms in total. The average molecular weight is 239 g/mol. The molecule has 0 amide bonds. The van der Waals surface area contributed by atoms with Gasteiger partial charge < -0.3 is 10.4 Å². The van der Waals surface area contributed by atoms with Crippen molar-refractivity contribution in [1.82, 2.24) is 5.32 Å². The number of hydrogen-bond acceptors (Lipinski definition) is 2. The van der Waals surface area contributed by atoms with Gasteiger partial charge in [0.15, 0.2) is 0 Å². The Bertz CT molecular complexity index is 227. The van der Waals surface area contributed by atoms with Gasteiger partial charge in [0.1, 0.15) is 0 Å². The van der Waals surface area contributed by atoms with Crippen LogP contribution >= 0.6 is 0 Å². The Kier molecular flexibility index (Phi) is 4.48. The van der Waals surface area contributed by atoms with E-state index in [4.69, 9.17) is 0 Å². The normalized spacial score (nSPS) is 26.5. The predicted octanol–water partition coefficient (Wildman–Crippen LogP) is 3.24. The highest BCUT2D eigenvalue weighted by Crippen LogP contribution is 2.49. The van der Waals surface area contributed by atoms with Crippen LogP contribution in [0.2, 0.25) is 0 Å². The molecule has 2 heteroatoms. The van der Waals surface area contributed by atoms with Crippen LogP contribution in [0.4, 0.5) is 0 Å². The lowest BCUT2D eigenvalue weighted by Gasteiger charge is -2.28. The van der Waals surface area contributed by atoms with Crippen LogP contribution in [0.3, 0.4) is 0 Å². The molecule has 17 heavy (non-hydrogen) atoms. The Labute approximate surface area is 106 Å². The highest BCUT2D eigenvalue weighted by molar-refractivity contribution is 4.95. The molecule has 2 saturated carbocycles. The van der Waals surface area contributed by atoms with E-state index in [-0.39, 0.29) is 0 Å². The van der Waals surface area contributed by atoms with Gasteiger partial charge in [-0.2, -0.15) is 0 Å². The van der Waals surface area contributed by atoms with Crippen molar-refractivity contribution in [2.75, 3.05) is 13.1 Å². The topological polar surface area (TPSA) is 32.3 Å². The Balaban J connectivity index is 1.70. The van der Waals surface area contributed by atoms with Crippen LogP contribution in [0.5, 0.6) is 0 Å². The molecule has 100 valence electrons. The van der Waals surface area contributed by atoms with E-state index in [2.05, 4.69) is 12.2 Å². The van der Waals surface area contributed by atoms with Crippen LogP contribution < -0.4 is 5.32 Å². The van der Waals surface area contributed by atoms with Crippen LogP contribution in [-0.4, -0.2) is 23.8 Å². The second kappa shape index (κ2) is 5.71. The second-order valence-corrected chi connectivity index (χ2v) is 6.49. The van der Waals surface area contributed by atoms with Crippen LogP contribution in [0.15, 0.2) is 0 Å². The summed E-state index contributed by atoms with van der Waals surface area (Å²) in [5.41, 5.74) is 0.203. The molecule has 2 rings (SSSR count). The highest BCUT2D eigenvalue weighted by Gasteiger charge is 2.41. The SMILES string of the molecule is CCCC1(CNCC2(O)CCCCCC2)CC1. The Morgan fingerprint density at radius 3 is 2.12 bits per heavy atom. The summed E-state index contributed by atoms with van der Waals surface area (Å²) >= 11 is 0. The third-order valence-corrected chi connectivity index (χ3v) is 4.73. The zero-order valence-electron chi connectivity index (χ0n) is 11.4. The van der Waals surface area contributed by atoms with Gasteiger partial charge in [0.05, 0.1) is 5.60 Å². The van der Waals surface area contributed by atoms with Crippen LogP contribution in [0.25, 0.3) is 0 Å². The molecular weight excluding hydrogens is 210 g/mol. The van der Waals surface area contributed by atoms with Gasteiger partial charge >= 0.3 is 0 Å². The van der Waals surface area contributed by atoms with Gasteiger partial charge in [-0.3, -0.25) is 0 Å². The maximum Gasteiger partial charge on any atom is 0.0771 e. The molecule has 0 aromatic rings. The minimum Gasteiger partial charge on any atom is -0.389 e. The van der Waals surface area contributed by atoms with E-state index in [0.717, 1.165) is 25.9 Å². The summed E-state index contributed by atoms with van der Waals surface area (Å²) in [4.78, 5) is 0. The van der Waals surface area contributed by atoms with Gasteiger partial charge in [-0.25, -0.2) is 0 Å². The summed E-state index contributed by atoms with van der Waals surface area (Å²) in [6, 6.07) is 0. The molecule has 0 aromatic carbocycles. The van der Waals surface area contributed by atoms with Crippen molar-refractivity contribution in [3.63, 3.8) is 0 Å². The van der Waals surface area contributed by atoms with Crippen LogP contribution in [0.1, 0.15) is 71.1 Å². The first-order valence-corrected chi connectivity index (χ1v) is 7.61. The molecule has 0 atom stereocenters. The van der Waals surface area contributed by atoms with Gasteiger partial charge in [-0.1, -0.05) is 39.0 Å². The lowest BCUT2D eigenvalue weighted by molar-refractivity contribution is 0.0242. The fraction of sp³-hybridized carbons (Fsp3) is 1.00. The van der Waals surface area contributed by atoms with Crippen molar-refractivity contribution in [1.29, 1.82) is 0 Å². The molecule has 2 fully saturated rings. The molecule has 0 unspecified atom stereocenters. The molecule has 2 aliphatic rings. The van der Waals surface area contributed by atoms with E-state index >= 15 is 0 Å². The van der Waals surface area contributed by atoms with E-state index < -0.39 is 5.60 Å². The standard InChI is InChI=1S/C15H29NO/c1-2-7-14(10-11-14)12-16-13-15(17)8-5-3-4-6-9-15/h16-17H,2-13H2,1H3. The van der Waals surface area contributed by atoms with Gasteiger partial charge in [0.2, 0.25) is 0 Å². The molecular formula is C15H29NO. The molecule has 0 radical (unpaired) electrons. The summed E-state index contributed by atoms with van der Waals surface area (Å²) in [7, 11) is 0. The largest absolute Gasteiger partial charge is 0.389 e. The highest BCUT2D eigenvalue weighted by atomic mass is 16.3. The predicted molar refractivity (Wildman–Crippen MR) is 72.1 cm³/mol. The van der Waals surface area contributed by atoms with Crippen molar-refractivity contribution in [3.8, 4) is 0 Å². The van der Waals surface area contributed by atoms with E-state index in [1.54, 1.807) is 0 Å². The zero-order chi connectivity index (χ0) is 12.2. The molecule has 0 aromatic heterocycles. The molecule has 0 bridgehead atoms. The van der Waals surface area contributed by atoms with Gasteiger partial charge in [0, 0.05) is 13.1 Å². The lowest BCUT2D eigenvalue weighted by Crippen LogP contribution is -2.42. The number of rotatable bonds is 6. The smallest absolute Gasteiger partial charge is 0.0771 e. The van der Waals surface area contributed by atoms with Crippen LogP contribution in [0, 0.1) is 5.41 Å². The third-order valence-electron chi connectivity index (χ3n) is 4.73. The summed E-state index contributed by atoms with van der Waals surface area (Å²) in [6.45, 7) is 4.22. The first kappa shape index (κ1) is 13.4. The van der Waals surface area contributed by atoms with Gasteiger partial charge in [-0.15, -0.1) is 0 Å². The minimum absolute atomic E-state index is 0.404. The molecule has 0 spiro atoms. The number of hydrogen-bond donors (Lipinski definition) is 2. The van der Waals surface area contributed by atoms with Crippen molar-refractivity contribution in [2.45, 2.75) is 76.7 Å². The monoisotopic (exact) mass is 239 g/mol. The van der Waals surface area contributed by atoms with Crippen molar-refractivity contribution < 1.29 is 5.11 Å². The van der Waals surface area contributed by atoms with Crippen LogP contribution in [-0.2, 0) is 0 Å². The molecule has 2 N–H and O–H groups in total. The Morgan fingerprint density at radius 1 is 0.941 bits per heavy atom. The summed E-state index contributed by atoms with van der Waals surface area (Å²) < 4.78 is 0. The average Bonchev–Trinajstić information content (AvgIpc) is 3.06. The zero-order valence-corrected chi connectivity index (χ0v) is 11.4. The second-order valence-electron chi connectivity index (χ2n) is 6.49. The number of nitrogens with one attached hydrogen (secondary N) is 1. The maximum absolute atomic E-state index is 10.5. The maximum atomic E-state index is 10.5. The fourth-order valence-electron chi connectivity index (χ4n) is 3.35. The number of aliphatic hydroxyl groups is 1. The summed E-state index contributed by atoms with van der Waals surface area (Å²) in [5.74, 6) is 0. The first-order chi connectivity index (χ1) is 8.18. The lowest BCUT2D eigenvalue weighted by atomic mass is 9.93. The molecule has 2 aliphatic carbocycles. The fourth-order valence-corrected chi connectivity index (χ4v) is 3.35. The van der Waals surface area contributed by atoms with E-state index in [1.165, 1.54) is 51.4 Å². The van der Waals surface area contributed by atoms with Crippen molar-refractivity contribution in [3.05, 3.63) is 0 Å². The Morgan fingerprint density at radius 2 is 1.59 bits per heavy atom. The molecule has 0 heterocycles. The quantitative estimate of drug-likeness (QED) is 0.697. The summed E-state index contributed by atoms with van der Waals surface area (Å²) in [5, 5.41) is 14.1. The van der Waals surface area contributed by atoms with E-state index in [9.17, 15) is 5.11 Å². The van der Waals surface area contributed by atoms with E-state index in [0.29, 0.717) is 5.41 Å². The van der Waals surface area contributed by atoms with Gasteiger partial charge in [0.25, 0.3) is 0 Å². The molecule has 0 saturated heterocycles. The van der Waals surface area contributed by atoms with Gasteiger partial charge in [-0.05, 0) is 37.5 Å². The molecule has 0 aliphatic heterocycles. The van der Waals surface area contributed by atoms with Crippen molar-refractivity contribution >= 4 is 0 Å². The van der Waals surface area contributed by atoms with E-state index in [1.807, 2.05) is 0 Å². The third kappa shape index (κ3) is 3.96. The minimum atomic E-state index is -0.404. The first-order valence-electron chi connectivity index (χ1n) is 7.61. The Hall–Kier alpha value is -0.0800. The summed E-state index contributed by atoms with van der Waals surface area (Å²) in [6.07, 6.45) is 12.5.